The lowest BCUT2D eigenvalue weighted by atomic mass is 9.92. The second kappa shape index (κ2) is 6.54. The zero-order valence-electron chi connectivity index (χ0n) is 14.1. The van der Waals surface area contributed by atoms with E-state index in [1.165, 1.54) is 24.1 Å². The molecular formula is C20H22FNO2S. The van der Waals surface area contributed by atoms with E-state index in [1.54, 1.807) is 16.4 Å². The van der Waals surface area contributed by atoms with E-state index in [0.717, 1.165) is 43.2 Å². The molecule has 3 nitrogen and oxygen atoms in total. The summed E-state index contributed by atoms with van der Waals surface area (Å²) in [5.74, 6) is -0.324. The number of aryl methyl sites for hydroxylation is 2. The van der Waals surface area contributed by atoms with Crippen LogP contribution in [-0.4, -0.2) is 19.3 Å². The Hall–Kier alpha value is -1.72. The van der Waals surface area contributed by atoms with Gasteiger partial charge in [0.15, 0.2) is 0 Å². The summed E-state index contributed by atoms with van der Waals surface area (Å²) in [7, 11) is -3.57. The summed E-state index contributed by atoms with van der Waals surface area (Å²) in [6.07, 6.45) is 5.80. The normalized spacial score (nSPS) is 21.2. The Morgan fingerprint density at radius 2 is 1.76 bits per heavy atom. The van der Waals surface area contributed by atoms with Gasteiger partial charge in [-0.25, -0.2) is 12.8 Å². The molecule has 5 heteroatoms. The van der Waals surface area contributed by atoms with Gasteiger partial charge in [-0.1, -0.05) is 18.2 Å². The Balaban J connectivity index is 1.69. The molecular weight excluding hydrogens is 337 g/mol. The van der Waals surface area contributed by atoms with Crippen molar-refractivity contribution < 1.29 is 12.8 Å². The fourth-order valence-electron chi connectivity index (χ4n) is 4.08. The highest BCUT2D eigenvalue weighted by atomic mass is 32.2. The van der Waals surface area contributed by atoms with Crippen LogP contribution in [0.3, 0.4) is 0 Å². The van der Waals surface area contributed by atoms with Gasteiger partial charge in [-0.15, -0.1) is 0 Å². The van der Waals surface area contributed by atoms with Crippen molar-refractivity contribution >= 4 is 10.0 Å². The smallest absolute Gasteiger partial charge is 0.207 e. The molecule has 2 aliphatic rings. The summed E-state index contributed by atoms with van der Waals surface area (Å²) in [6, 6.07) is 11.6. The van der Waals surface area contributed by atoms with Gasteiger partial charge in [0.1, 0.15) is 5.82 Å². The Kier molecular flexibility index (Phi) is 4.38. The van der Waals surface area contributed by atoms with Gasteiger partial charge in [0.2, 0.25) is 10.0 Å². The van der Waals surface area contributed by atoms with Crippen molar-refractivity contribution in [2.75, 3.05) is 6.54 Å². The second-order valence-electron chi connectivity index (χ2n) is 6.97. The van der Waals surface area contributed by atoms with Crippen molar-refractivity contribution in [2.24, 2.45) is 0 Å². The molecule has 2 aromatic carbocycles. The minimum atomic E-state index is -3.57. The summed E-state index contributed by atoms with van der Waals surface area (Å²) in [5, 5.41) is 0. The molecule has 1 fully saturated rings. The van der Waals surface area contributed by atoms with Crippen molar-refractivity contribution in [1.82, 2.24) is 4.31 Å². The first-order valence-corrected chi connectivity index (χ1v) is 10.4. The summed E-state index contributed by atoms with van der Waals surface area (Å²) in [5.41, 5.74) is 3.17. The lowest BCUT2D eigenvalue weighted by Gasteiger charge is -2.25. The molecule has 1 heterocycles. The van der Waals surface area contributed by atoms with E-state index in [2.05, 4.69) is 0 Å². The fourth-order valence-corrected chi connectivity index (χ4v) is 5.81. The van der Waals surface area contributed by atoms with Gasteiger partial charge in [-0.05, 0) is 79.5 Å². The summed E-state index contributed by atoms with van der Waals surface area (Å²) < 4.78 is 41.6. The highest BCUT2D eigenvalue weighted by Crippen LogP contribution is 2.37. The van der Waals surface area contributed by atoms with Crippen LogP contribution in [0.1, 0.15) is 48.4 Å². The van der Waals surface area contributed by atoms with E-state index in [9.17, 15) is 12.8 Å². The van der Waals surface area contributed by atoms with Crippen LogP contribution in [0.25, 0.3) is 0 Å². The van der Waals surface area contributed by atoms with Crippen LogP contribution in [0, 0.1) is 5.82 Å². The van der Waals surface area contributed by atoms with Crippen LogP contribution in [0.4, 0.5) is 4.39 Å². The zero-order valence-corrected chi connectivity index (χ0v) is 14.9. The van der Waals surface area contributed by atoms with E-state index >= 15 is 0 Å². The van der Waals surface area contributed by atoms with Crippen molar-refractivity contribution in [3.8, 4) is 0 Å². The summed E-state index contributed by atoms with van der Waals surface area (Å²) in [6.45, 7) is 0.487. The highest BCUT2D eigenvalue weighted by Gasteiger charge is 2.36. The maximum Gasteiger partial charge on any atom is 0.243 e. The molecule has 4 rings (SSSR count). The monoisotopic (exact) mass is 359 g/mol. The minimum Gasteiger partial charge on any atom is -0.207 e. The van der Waals surface area contributed by atoms with Gasteiger partial charge in [-0.2, -0.15) is 4.31 Å². The number of fused-ring (bicyclic) bond motifs is 1. The molecule has 0 N–H and O–H groups in total. The molecule has 0 spiro atoms. The van der Waals surface area contributed by atoms with E-state index < -0.39 is 10.0 Å². The van der Waals surface area contributed by atoms with Gasteiger partial charge in [0, 0.05) is 6.54 Å². The molecule has 0 bridgehead atoms. The number of hydrogen-bond donors (Lipinski definition) is 0. The lowest BCUT2D eigenvalue weighted by Crippen LogP contribution is -2.31. The number of rotatable bonds is 3. The molecule has 1 atom stereocenters. The number of hydrogen-bond acceptors (Lipinski definition) is 2. The first-order valence-electron chi connectivity index (χ1n) is 8.95. The molecule has 1 saturated heterocycles. The zero-order chi connectivity index (χ0) is 17.4. The third kappa shape index (κ3) is 3.11. The summed E-state index contributed by atoms with van der Waals surface area (Å²) >= 11 is 0. The molecule has 1 aliphatic heterocycles. The second-order valence-corrected chi connectivity index (χ2v) is 8.86. The molecule has 0 saturated carbocycles. The van der Waals surface area contributed by atoms with Gasteiger partial charge in [-0.3, -0.25) is 0 Å². The largest absolute Gasteiger partial charge is 0.243 e. The molecule has 0 radical (unpaired) electrons. The van der Waals surface area contributed by atoms with Crippen LogP contribution in [0.15, 0.2) is 47.4 Å². The van der Waals surface area contributed by atoms with E-state index in [-0.39, 0.29) is 11.9 Å². The Bertz CT molecular complexity index is 894. The third-order valence-electron chi connectivity index (χ3n) is 5.36. The highest BCUT2D eigenvalue weighted by molar-refractivity contribution is 7.89. The standard InChI is InChI=1S/C20H22FNO2S/c21-18-8-3-7-17(13-18)20-9-4-12-22(20)25(23,24)19-11-10-15-5-1-2-6-16(15)14-19/h3,7-8,10-11,13-14,20H,1-2,4-6,9,12H2/t20-/m1/s1. The van der Waals surface area contributed by atoms with Crippen molar-refractivity contribution in [2.45, 2.75) is 49.5 Å². The first-order chi connectivity index (χ1) is 12.1. The lowest BCUT2D eigenvalue weighted by molar-refractivity contribution is 0.395. The van der Waals surface area contributed by atoms with Crippen LogP contribution < -0.4 is 0 Å². The van der Waals surface area contributed by atoms with E-state index in [1.807, 2.05) is 18.2 Å². The molecule has 1 aliphatic carbocycles. The predicted molar refractivity (Wildman–Crippen MR) is 95.4 cm³/mol. The van der Waals surface area contributed by atoms with E-state index in [4.69, 9.17) is 0 Å². The minimum absolute atomic E-state index is 0.281. The maximum absolute atomic E-state index is 13.6. The summed E-state index contributed by atoms with van der Waals surface area (Å²) in [4.78, 5) is 0.372. The van der Waals surface area contributed by atoms with Crippen LogP contribution in [0.5, 0.6) is 0 Å². The van der Waals surface area contributed by atoms with Crippen molar-refractivity contribution in [3.63, 3.8) is 0 Å². The third-order valence-corrected chi connectivity index (χ3v) is 7.27. The molecule has 2 aromatic rings. The van der Waals surface area contributed by atoms with E-state index in [0.29, 0.717) is 11.4 Å². The Morgan fingerprint density at radius 1 is 0.960 bits per heavy atom. The maximum atomic E-state index is 13.6. The average molecular weight is 359 g/mol. The number of sulfonamides is 1. The predicted octanol–water partition coefficient (Wildman–Crippen LogP) is 4.23. The topological polar surface area (TPSA) is 37.4 Å². The average Bonchev–Trinajstić information content (AvgIpc) is 3.12. The van der Waals surface area contributed by atoms with Crippen LogP contribution in [-0.2, 0) is 22.9 Å². The molecule has 0 aromatic heterocycles. The van der Waals surface area contributed by atoms with Crippen LogP contribution in [0.2, 0.25) is 0 Å². The fraction of sp³-hybridized carbons (Fsp3) is 0.400. The Morgan fingerprint density at radius 3 is 2.56 bits per heavy atom. The Labute approximate surface area is 148 Å². The molecule has 132 valence electrons. The van der Waals surface area contributed by atoms with Gasteiger partial charge < -0.3 is 0 Å². The molecule has 25 heavy (non-hydrogen) atoms. The quantitative estimate of drug-likeness (QED) is 0.822. The van der Waals surface area contributed by atoms with Crippen molar-refractivity contribution in [1.29, 1.82) is 0 Å². The van der Waals surface area contributed by atoms with Gasteiger partial charge >= 0.3 is 0 Å². The molecule has 0 unspecified atom stereocenters. The van der Waals surface area contributed by atoms with Crippen LogP contribution >= 0.6 is 0 Å². The SMILES string of the molecule is O=S(=O)(c1ccc2c(c1)CCCC2)N1CCC[C@@H]1c1cccc(F)c1. The molecule has 0 amide bonds. The van der Waals surface area contributed by atoms with Crippen molar-refractivity contribution in [3.05, 3.63) is 65.0 Å². The van der Waals surface area contributed by atoms with Gasteiger partial charge in [0.25, 0.3) is 0 Å². The van der Waals surface area contributed by atoms with Gasteiger partial charge in [0.05, 0.1) is 10.9 Å². The number of halogens is 1. The first kappa shape index (κ1) is 16.7. The number of nitrogens with zero attached hydrogens (tertiary/aromatic N) is 1. The number of benzene rings is 2.